The number of likely N-dealkylation sites (tertiary alicyclic amines) is 1. The van der Waals surface area contributed by atoms with Crippen molar-refractivity contribution in [3.05, 3.63) is 52.5 Å². The maximum absolute atomic E-state index is 13.8. The summed E-state index contributed by atoms with van der Waals surface area (Å²) in [6, 6.07) is 9.10. The summed E-state index contributed by atoms with van der Waals surface area (Å²) in [5.41, 5.74) is -0.606. The van der Waals surface area contributed by atoms with Crippen molar-refractivity contribution in [2.75, 3.05) is 19.6 Å². The van der Waals surface area contributed by atoms with Gasteiger partial charge < -0.3 is 10.2 Å². The third-order valence-corrected chi connectivity index (χ3v) is 7.98. The van der Waals surface area contributed by atoms with E-state index in [-0.39, 0.29) is 23.8 Å². The number of carbonyl (C=O) groups excluding carboxylic acids is 3. The Morgan fingerprint density at radius 2 is 2.03 bits per heavy atom. The van der Waals surface area contributed by atoms with Crippen molar-refractivity contribution < 1.29 is 14.4 Å². The number of amides is 4. The summed E-state index contributed by atoms with van der Waals surface area (Å²) in [5, 5.41) is 5.04. The van der Waals surface area contributed by atoms with Crippen LogP contribution in [-0.4, -0.2) is 52.3 Å². The first kappa shape index (κ1) is 23.4. The lowest BCUT2D eigenvalue weighted by Gasteiger charge is -2.40. The number of urea groups is 1. The van der Waals surface area contributed by atoms with Crippen LogP contribution >= 0.6 is 11.3 Å². The van der Waals surface area contributed by atoms with Crippen LogP contribution in [0.1, 0.15) is 50.1 Å². The summed E-state index contributed by atoms with van der Waals surface area (Å²) in [7, 11) is 0. The van der Waals surface area contributed by atoms with Crippen LogP contribution in [0.4, 0.5) is 4.79 Å². The lowest BCUT2D eigenvalue weighted by atomic mass is 9.75. The fourth-order valence-electron chi connectivity index (χ4n) is 4.86. The van der Waals surface area contributed by atoms with Crippen molar-refractivity contribution in [1.29, 1.82) is 0 Å². The van der Waals surface area contributed by atoms with Crippen LogP contribution in [0.15, 0.2) is 41.9 Å². The van der Waals surface area contributed by atoms with Gasteiger partial charge in [0.15, 0.2) is 5.54 Å². The van der Waals surface area contributed by atoms with E-state index in [1.807, 2.05) is 40.6 Å². The summed E-state index contributed by atoms with van der Waals surface area (Å²) in [4.78, 5) is 48.4. The number of piperidine rings is 1. The molecule has 0 unspecified atom stereocenters. The van der Waals surface area contributed by atoms with Crippen molar-refractivity contribution in [3.8, 4) is 0 Å². The molecule has 176 valence electrons. The second-order valence-corrected chi connectivity index (χ2v) is 10.1. The number of aromatic nitrogens is 1. The molecule has 4 rings (SSSR count). The summed E-state index contributed by atoms with van der Waals surface area (Å²) in [6.07, 6.45) is 5.13. The molecule has 7 nitrogen and oxygen atoms in total. The highest BCUT2D eigenvalue weighted by Gasteiger charge is 2.58. The predicted molar refractivity (Wildman–Crippen MR) is 128 cm³/mol. The first-order chi connectivity index (χ1) is 16.0. The van der Waals surface area contributed by atoms with Crippen LogP contribution < -0.4 is 5.32 Å². The fraction of sp³-hybridized carbons (Fsp3) is 0.520. The molecule has 2 aliphatic heterocycles. The Morgan fingerprint density at radius 3 is 2.67 bits per heavy atom. The summed E-state index contributed by atoms with van der Waals surface area (Å²) < 4.78 is 0. The SMILES string of the molecule is CC[C@H](C)CC(=O)N1CCC([C@@]2(c3ccccn3)NC(=O)N(CCc3cccs3)C2=O)CC1. The highest BCUT2D eigenvalue weighted by Crippen LogP contribution is 2.40. The van der Waals surface area contributed by atoms with Gasteiger partial charge in [-0.15, -0.1) is 11.3 Å². The molecule has 2 fully saturated rings. The van der Waals surface area contributed by atoms with Crippen LogP contribution in [0.5, 0.6) is 0 Å². The molecule has 0 spiro atoms. The topological polar surface area (TPSA) is 82.6 Å². The van der Waals surface area contributed by atoms with Gasteiger partial charge in [-0.3, -0.25) is 19.5 Å². The van der Waals surface area contributed by atoms with Gasteiger partial charge in [0.1, 0.15) is 0 Å². The summed E-state index contributed by atoms with van der Waals surface area (Å²) in [5.74, 6) is 0.187. The average Bonchev–Trinajstić information content (AvgIpc) is 3.45. The smallest absolute Gasteiger partial charge is 0.325 e. The lowest BCUT2D eigenvalue weighted by molar-refractivity contribution is -0.137. The van der Waals surface area contributed by atoms with Crippen molar-refractivity contribution in [2.24, 2.45) is 11.8 Å². The number of nitrogens with zero attached hydrogens (tertiary/aromatic N) is 3. The molecule has 1 N–H and O–H groups in total. The Morgan fingerprint density at radius 1 is 1.24 bits per heavy atom. The number of carbonyl (C=O) groups is 3. The Hall–Kier alpha value is -2.74. The van der Waals surface area contributed by atoms with Gasteiger partial charge in [-0.2, -0.15) is 0 Å². The molecule has 4 amide bonds. The van der Waals surface area contributed by atoms with Crippen LogP contribution in [0, 0.1) is 11.8 Å². The van der Waals surface area contributed by atoms with Crippen LogP contribution in [-0.2, 0) is 21.5 Å². The molecule has 2 aromatic heterocycles. The van der Waals surface area contributed by atoms with Crippen LogP contribution in [0.3, 0.4) is 0 Å². The number of nitrogens with one attached hydrogen (secondary N) is 1. The van der Waals surface area contributed by atoms with Gasteiger partial charge in [-0.05, 0) is 48.8 Å². The third-order valence-electron chi connectivity index (χ3n) is 7.04. The van der Waals surface area contributed by atoms with Gasteiger partial charge in [0, 0.05) is 43.0 Å². The van der Waals surface area contributed by atoms with E-state index >= 15 is 0 Å². The van der Waals surface area contributed by atoms with Gasteiger partial charge in [-0.1, -0.05) is 32.4 Å². The molecule has 0 bridgehead atoms. The van der Waals surface area contributed by atoms with Crippen molar-refractivity contribution in [2.45, 2.75) is 51.5 Å². The molecular formula is C25H32N4O3S. The largest absolute Gasteiger partial charge is 0.343 e. The van der Waals surface area contributed by atoms with Gasteiger partial charge >= 0.3 is 6.03 Å². The first-order valence-electron chi connectivity index (χ1n) is 11.8. The van der Waals surface area contributed by atoms with Gasteiger partial charge in [-0.25, -0.2) is 4.79 Å². The third kappa shape index (κ3) is 4.67. The minimum absolute atomic E-state index is 0.122. The van der Waals surface area contributed by atoms with E-state index in [0.717, 1.165) is 11.3 Å². The monoisotopic (exact) mass is 468 g/mol. The zero-order valence-corrected chi connectivity index (χ0v) is 20.1. The van der Waals surface area contributed by atoms with E-state index < -0.39 is 5.54 Å². The highest BCUT2D eigenvalue weighted by atomic mass is 32.1. The summed E-state index contributed by atoms with van der Waals surface area (Å²) in [6.45, 7) is 5.71. The molecule has 0 aliphatic carbocycles. The number of hydrogen-bond donors (Lipinski definition) is 1. The van der Waals surface area contributed by atoms with Crippen LogP contribution in [0.25, 0.3) is 0 Å². The maximum Gasteiger partial charge on any atom is 0.325 e. The second-order valence-electron chi connectivity index (χ2n) is 9.11. The van der Waals surface area contributed by atoms with Crippen LogP contribution in [0.2, 0.25) is 0 Å². The van der Waals surface area contributed by atoms with E-state index in [4.69, 9.17) is 0 Å². The van der Waals surface area contributed by atoms with E-state index in [0.29, 0.717) is 56.9 Å². The number of thiophene rings is 1. The molecule has 8 heteroatoms. The zero-order chi connectivity index (χ0) is 23.4. The molecule has 2 aromatic rings. The number of imide groups is 1. The molecule has 2 aliphatic rings. The van der Waals surface area contributed by atoms with Crippen molar-refractivity contribution in [3.63, 3.8) is 0 Å². The Balaban J connectivity index is 1.53. The van der Waals surface area contributed by atoms with Crippen molar-refractivity contribution >= 4 is 29.2 Å². The quantitative estimate of drug-likeness (QED) is 0.598. The fourth-order valence-corrected chi connectivity index (χ4v) is 5.56. The second kappa shape index (κ2) is 10.0. The van der Waals surface area contributed by atoms with E-state index in [1.54, 1.807) is 17.5 Å². The van der Waals surface area contributed by atoms with Gasteiger partial charge in [0.05, 0.1) is 5.69 Å². The van der Waals surface area contributed by atoms with Crippen molar-refractivity contribution in [1.82, 2.24) is 20.1 Å². The minimum atomic E-state index is -1.18. The Labute approximate surface area is 199 Å². The van der Waals surface area contributed by atoms with E-state index in [9.17, 15) is 14.4 Å². The molecule has 0 radical (unpaired) electrons. The molecular weight excluding hydrogens is 436 g/mol. The molecule has 2 atom stereocenters. The molecule has 0 aromatic carbocycles. The van der Waals surface area contributed by atoms with E-state index in [1.165, 1.54) is 4.90 Å². The number of rotatable bonds is 8. The van der Waals surface area contributed by atoms with E-state index in [2.05, 4.69) is 24.1 Å². The normalized spacial score (nSPS) is 22.5. The maximum atomic E-state index is 13.8. The highest BCUT2D eigenvalue weighted by molar-refractivity contribution is 7.09. The predicted octanol–water partition coefficient (Wildman–Crippen LogP) is 3.81. The molecule has 33 heavy (non-hydrogen) atoms. The standard InChI is InChI=1S/C25H32N4O3S/c1-3-18(2)17-22(30)28-13-9-19(10-14-28)25(21-8-4-5-12-26-21)23(31)29(24(32)27-25)15-11-20-7-6-16-33-20/h4-8,12,16,18-19H,3,9-11,13-15,17H2,1-2H3,(H,27,32)/t18-,25-/m0/s1. The average molecular weight is 469 g/mol. The lowest BCUT2D eigenvalue weighted by Crippen LogP contribution is -2.54. The molecule has 0 saturated carbocycles. The molecule has 4 heterocycles. The zero-order valence-electron chi connectivity index (χ0n) is 19.3. The Kier molecular flexibility index (Phi) is 7.12. The summed E-state index contributed by atoms with van der Waals surface area (Å²) >= 11 is 1.62. The Bertz CT molecular complexity index is 973. The first-order valence-corrected chi connectivity index (χ1v) is 12.7. The van der Waals surface area contributed by atoms with Gasteiger partial charge in [0.2, 0.25) is 5.91 Å². The minimum Gasteiger partial charge on any atom is -0.343 e. The number of pyridine rings is 1. The number of hydrogen-bond acceptors (Lipinski definition) is 5. The molecule has 2 saturated heterocycles. The van der Waals surface area contributed by atoms with Gasteiger partial charge in [0.25, 0.3) is 5.91 Å².